The zero-order chi connectivity index (χ0) is 9.68. The Morgan fingerprint density at radius 2 is 2.23 bits per heavy atom. The van der Waals surface area contributed by atoms with Crippen molar-refractivity contribution in [2.45, 2.75) is 0 Å². The van der Waals surface area contributed by atoms with Gasteiger partial charge < -0.3 is 5.73 Å². The number of hydrogen-bond acceptors (Lipinski definition) is 2. The maximum Gasteiger partial charge on any atom is 0.0992 e. The van der Waals surface area contributed by atoms with Crippen LogP contribution >= 0.6 is 11.6 Å². The first-order chi connectivity index (χ1) is 6.27. The Morgan fingerprint density at radius 1 is 1.46 bits per heavy atom. The molecule has 0 radical (unpaired) electrons. The number of nitriles is 1. The molecule has 3 heteroatoms. The molecule has 0 unspecified atom stereocenters. The van der Waals surface area contributed by atoms with Crippen molar-refractivity contribution in [3.05, 3.63) is 29.3 Å². The standard InChI is InChI=1S/C10H7ClN2/c11-5-1-2-9-6-8(7-12)3-4-10(9)13/h3-4,6H,5,13H2. The van der Waals surface area contributed by atoms with Crippen LogP contribution < -0.4 is 5.73 Å². The second kappa shape index (κ2) is 4.40. The molecule has 1 rings (SSSR count). The van der Waals surface area contributed by atoms with Gasteiger partial charge in [-0.05, 0) is 18.2 Å². The van der Waals surface area contributed by atoms with Crippen molar-refractivity contribution in [2.24, 2.45) is 0 Å². The van der Waals surface area contributed by atoms with E-state index in [-0.39, 0.29) is 5.88 Å². The van der Waals surface area contributed by atoms with Gasteiger partial charge in [0.2, 0.25) is 0 Å². The van der Waals surface area contributed by atoms with E-state index in [0.717, 1.165) is 0 Å². The molecule has 0 spiro atoms. The van der Waals surface area contributed by atoms with Gasteiger partial charge in [-0.25, -0.2) is 0 Å². The second-order valence-electron chi connectivity index (χ2n) is 2.35. The first kappa shape index (κ1) is 9.45. The van der Waals surface area contributed by atoms with Crippen LogP contribution in [0.4, 0.5) is 5.69 Å². The van der Waals surface area contributed by atoms with Crippen molar-refractivity contribution >= 4 is 17.3 Å². The summed E-state index contributed by atoms with van der Waals surface area (Å²) in [5.74, 6) is 5.72. The fourth-order valence-corrected chi connectivity index (χ4v) is 0.930. The molecule has 13 heavy (non-hydrogen) atoms. The third kappa shape index (κ3) is 2.40. The van der Waals surface area contributed by atoms with Crippen LogP contribution in [0.2, 0.25) is 0 Å². The van der Waals surface area contributed by atoms with Gasteiger partial charge in [0.05, 0.1) is 17.5 Å². The van der Waals surface area contributed by atoms with Crippen LogP contribution in [-0.4, -0.2) is 5.88 Å². The number of nitrogens with zero attached hydrogens (tertiary/aromatic N) is 1. The highest BCUT2D eigenvalue weighted by atomic mass is 35.5. The monoisotopic (exact) mass is 190 g/mol. The van der Waals surface area contributed by atoms with Crippen molar-refractivity contribution in [2.75, 3.05) is 11.6 Å². The lowest BCUT2D eigenvalue weighted by Crippen LogP contribution is -1.90. The number of nitrogen functional groups attached to an aromatic ring is 1. The molecule has 1 aromatic carbocycles. The summed E-state index contributed by atoms with van der Waals surface area (Å²) >= 11 is 5.40. The molecule has 0 saturated carbocycles. The Balaban J connectivity index is 3.13. The lowest BCUT2D eigenvalue weighted by atomic mass is 10.1. The fraction of sp³-hybridized carbons (Fsp3) is 0.100. The number of halogens is 1. The summed E-state index contributed by atoms with van der Waals surface area (Å²) in [5, 5.41) is 8.61. The molecule has 2 nitrogen and oxygen atoms in total. The Morgan fingerprint density at radius 3 is 2.85 bits per heavy atom. The third-order valence-corrected chi connectivity index (χ3v) is 1.61. The van der Waals surface area contributed by atoms with Gasteiger partial charge in [-0.2, -0.15) is 5.26 Å². The molecule has 0 atom stereocenters. The van der Waals surface area contributed by atoms with Crippen LogP contribution in [-0.2, 0) is 0 Å². The quantitative estimate of drug-likeness (QED) is 0.385. The number of rotatable bonds is 0. The van der Waals surface area contributed by atoms with Crippen LogP contribution in [0.3, 0.4) is 0 Å². The van der Waals surface area contributed by atoms with E-state index in [1.54, 1.807) is 18.2 Å². The molecule has 0 bridgehead atoms. The van der Waals surface area contributed by atoms with Gasteiger partial charge in [-0.3, -0.25) is 0 Å². The molecular weight excluding hydrogens is 184 g/mol. The van der Waals surface area contributed by atoms with Crippen molar-refractivity contribution in [3.8, 4) is 17.9 Å². The van der Waals surface area contributed by atoms with Gasteiger partial charge in [0.25, 0.3) is 0 Å². The van der Waals surface area contributed by atoms with E-state index in [4.69, 9.17) is 22.6 Å². The minimum atomic E-state index is 0.260. The summed E-state index contributed by atoms with van der Waals surface area (Å²) < 4.78 is 0. The second-order valence-corrected chi connectivity index (χ2v) is 2.62. The van der Waals surface area contributed by atoms with Crippen molar-refractivity contribution in [1.82, 2.24) is 0 Å². The van der Waals surface area contributed by atoms with E-state index in [2.05, 4.69) is 11.8 Å². The molecule has 0 aliphatic rings. The largest absolute Gasteiger partial charge is 0.398 e. The normalized spacial score (nSPS) is 8.31. The molecule has 0 aliphatic heterocycles. The molecule has 64 valence electrons. The van der Waals surface area contributed by atoms with Gasteiger partial charge in [0.15, 0.2) is 0 Å². The van der Waals surface area contributed by atoms with Gasteiger partial charge in [0.1, 0.15) is 0 Å². The Hall–Kier alpha value is -1.64. The van der Waals surface area contributed by atoms with E-state index >= 15 is 0 Å². The van der Waals surface area contributed by atoms with Crippen LogP contribution in [0.1, 0.15) is 11.1 Å². The van der Waals surface area contributed by atoms with Gasteiger partial charge >= 0.3 is 0 Å². The molecule has 0 fully saturated rings. The lowest BCUT2D eigenvalue weighted by molar-refractivity contribution is 1.48. The number of anilines is 1. The van der Waals surface area contributed by atoms with E-state index in [9.17, 15) is 0 Å². The average Bonchev–Trinajstić information content (AvgIpc) is 2.17. The van der Waals surface area contributed by atoms with Gasteiger partial charge in [-0.1, -0.05) is 11.8 Å². The van der Waals surface area contributed by atoms with E-state index < -0.39 is 0 Å². The van der Waals surface area contributed by atoms with Gasteiger partial charge in [-0.15, -0.1) is 11.6 Å². The Labute approximate surface area is 81.9 Å². The summed E-state index contributed by atoms with van der Waals surface area (Å²) in [6.45, 7) is 0. The zero-order valence-corrected chi connectivity index (χ0v) is 7.60. The van der Waals surface area contributed by atoms with Crippen molar-refractivity contribution < 1.29 is 0 Å². The Kier molecular flexibility index (Phi) is 3.20. The highest BCUT2D eigenvalue weighted by molar-refractivity contribution is 6.19. The van der Waals surface area contributed by atoms with E-state index in [1.807, 2.05) is 6.07 Å². The first-order valence-corrected chi connectivity index (χ1v) is 4.16. The van der Waals surface area contributed by atoms with E-state index in [0.29, 0.717) is 16.8 Å². The highest BCUT2D eigenvalue weighted by Gasteiger charge is 1.96. The topological polar surface area (TPSA) is 49.8 Å². The zero-order valence-electron chi connectivity index (χ0n) is 6.84. The minimum Gasteiger partial charge on any atom is -0.398 e. The predicted octanol–water partition coefficient (Wildman–Crippen LogP) is 1.73. The molecule has 0 saturated heterocycles. The minimum absolute atomic E-state index is 0.260. The van der Waals surface area contributed by atoms with E-state index in [1.165, 1.54) is 0 Å². The van der Waals surface area contributed by atoms with Crippen molar-refractivity contribution in [3.63, 3.8) is 0 Å². The highest BCUT2D eigenvalue weighted by Crippen LogP contribution is 2.11. The number of alkyl halides is 1. The molecule has 0 amide bonds. The predicted molar refractivity (Wildman–Crippen MR) is 53.2 cm³/mol. The van der Waals surface area contributed by atoms with Crippen LogP contribution in [0.5, 0.6) is 0 Å². The summed E-state index contributed by atoms with van der Waals surface area (Å²) in [7, 11) is 0. The van der Waals surface area contributed by atoms with Crippen LogP contribution in [0.15, 0.2) is 18.2 Å². The average molecular weight is 191 g/mol. The summed E-state index contributed by atoms with van der Waals surface area (Å²) in [5.41, 5.74) is 7.40. The first-order valence-electron chi connectivity index (χ1n) is 3.62. The maximum absolute atomic E-state index is 8.61. The molecule has 0 heterocycles. The number of benzene rings is 1. The SMILES string of the molecule is N#Cc1ccc(N)c(C#CCCl)c1. The molecule has 2 N–H and O–H groups in total. The maximum atomic E-state index is 8.61. The number of hydrogen-bond donors (Lipinski definition) is 1. The van der Waals surface area contributed by atoms with Crippen molar-refractivity contribution in [1.29, 1.82) is 5.26 Å². The summed E-state index contributed by atoms with van der Waals surface area (Å²) in [4.78, 5) is 0. The van der Waals surface area contributed by atoms with Crippen LogP contribution in [0, 0.1) is 23.2 Å². The third-order valence-electron chi connectivity index (χ3n) is 1.47. The summed E-state index contributed by atoms with van der Waals surface area (Å²) in [6.07, 6.45) is 0. The lowest BCUT2D eigenvalue weighted by Gasteiger charge is -1.96. The molecule has 0 aliphatic carbocycles. The Bertz CT molecular complexity index is 407. The van der Waals surface area contributed by atoms with Crippen LogP contribution in [0.25, 0.3) is 0 Å². The number of nitrogens with two attached hydrogens (primary N) is 1. The molecule has 1 aromatic rings. The fourth-order valence-electron chi connectivity index (χ4n) is 0.863. The molecular formula is C10H7ClN2. The smallest absolute Gasteiger partial charge is 0.0992 e. The summed E-state index contributed by atoms with van der Waals surface area (Å²) in [6, 6.07) is 6.98. The van der Waals surface area contributed by atoms with Gasteiger partial charge in [0, 0.05) is 11.3 Å². The molecule has 0 aromatic heterocycles.